The molecule has 3 rings (SSSR count). The van der Waals surface area contributed by atoms with Crippen LogP contribution in [0.25, 0.3) is 0 Å². The fraction of sp³-hybridized carbons (Fsp3) is 0.174. The third-order valence-electron chi connectivity index (χ3n) is 4.88. The van der Waals surface area contributed by atoms with E-state index >= 15 is 0 Å². The van der Waals surface area contributed by atoms with Crippen LogP contribution in [0.3, 0.4) is 0 Å². The SMILES string of the molecule is CCOC(=O)C(Cc1cccc(NS(=O)(=O)c2cccc([N+](=O)[O-])c2)c1)NS(=O)(=O)c1ccccc1. The molecule has 1 unspecified atom stereocenters. The fourth-order valence-corrected chi connectivity index (χ4v) is 5.54. The second kappa shape index (κ2) is 11.3. The second-order valence-corrected chi connectivity index (χ2v) is 10.9. The Morgan fingerprint density at radius 3 is 2.25 bits per heavy atom. The third kappa shape index (κ3) is 6.87. The molecule has 0 radical (unpaired) electrons. The van der Waals surface area contributed by atoms with Crippen LogP contribution in [-0.4, -0.2) is 40.4 Å². The molecule has 0 amide bonds. The van der Waals surface area contributed by atoms with Gasteiger partial charge in [0.2, 0.25) is 10.0 Å². The van der Waals surface area contributed by atoms with Crippen molar-refractivity contribution in [3.05, 3.63) is 94.5 Å². The zero-order chi connectivity index (χ0) is 26.3. The van der Waals surface area contributed by atoms with E-state index in [2.05, 4.69) is 9.44 Å². The minimum atomic E-state index is -4.16. The Morgan fingerprint density at radius 1 is 0.917 bits per heavy atom. The average molecular weight is 534 g/mol. The van der Waals surface area contributed by atoms with E-state index in [-0.39, 0.29) is 34.2 Å². The summed E-state index contributed by atoms with van der Waals surface area (Å²) in [7, 11) is -8.21. The first-order chi connectivity index (χ1) is 17.0. The quantitative estimate of drug-likeness (QED) is 0.216. The number of esters is 1. The van der Waals surface area contributed by atoms with E-state index in [9.17, 15) is 31.7 Å². The number of hydrogen-bond acceptors (Lipinski definition) is 8. The van der Waals surface area contributed by atoms with Crippen LogP contribution < -0.4 is 9.44 Å². The Balaban J connectivity index is 1.84. The molecule has 0 aliphatic rings. The van der Waals surface area contributed by atoms with Crippen LogP contribution in [0.2, 0.25) is 0 Å². The number of nitro groups is 1. The summed E-state index contributed by atoms with van der Waals surface area (Å²) in [4.78, 5) is 22.5. The van der Waals surface area contributed by atoms with Gasteiger partial charge in [0.25, 0.3) is 15.7 Å². The first-order valence-corrected chi connectivity index (χ1v) is 13.6. The highest BCUT2D eigenvalue weighted by atomic mass is 32.2. The number of nitro benzene ring substituents is 1. The van der Waals surface area contributed by atoms with Gasteiger partial charge in [0.1, 0.15) is 6.04 Å². The summed E-state index contributed by atoms with van der Waals surface area (Å²) in [6.45, 7) is 1.62. The lowest BCUT2D eigenvalue weighted by atomic mass is 10.1. The van der Waals surface area contributed by atoms with Crippen LogP contribution in [-0.2, 0) is 36.0 Å². The zero-order valence-corrected chi connectivity index (χ0v) is 20.7. The smallest absolute Gasteiger partial charge is 0.324 e. The van der Waals surface area contributed by atoms with E-state index in [1.165, 1.54) is 48.5 Å². The van der Waals surface area contributed by atoms with Crippen LogP contribution in [0.4, 0.5) is 11.4 Å². The molecule has 0 spiro atoms. The number of non-ortho nitro benzene ring substituents is 1. The van der Waals surface area contributed by atoms with Gasteiger partial charge in [0.15, 0.2) is 0 Å². The molecule has 3 aromatic rings. The van der Waals surface area contributed by atoms with Crippen LogP contribution >= 0.6 is 0 Å². The number of carbonyl (C=O) groups is 1. The molecule has 2 N–H and O–H groups in total. The predicted molar refractivity (Wildman–Crippen MR) is 131 cm³/mol. The Morgan fingerprint density at radius 2 is 1.58 bits per heavy atom. The number of carbonyl (C=O) groups excluding carboxylic acids is 1. The summed E-state index contributed by atoms with van der Waals surface area (Å²) >= 11 is 0. The average Bonchev–Trinajstić information content (AvgIpc) is 2.84. The monoisotopic (exact) mass is 533 g/mol. The van der Waals surface area contributed by atoms with Gasteiger partial charge >= 0.3 is 5.97 Å². The maximum atomic E-state index is 12.8. The van der Waals surface area contributed by atoms with Crippen molar-refractivity contribution in [2.75, 3.05) is 11.3 Å². The molecule has 0 bridgehead atoms. The Bertz CT molecular complexity index is 1460. The lowest BCUT2D eigenvalue weighted by Crippen LogP contribution is -2.43. The van der Waals surface area contributed by atoms with Crippen LogP contribution in [0.1, 0.15) is 12.5 Å². The minimum absolute atomic E-state index is 0.0298. The van der Waals surface area contributed by atoms with Crippen molar-refractivity contribution in [1.29, 1.82) is 0 Å². The van der Waals surface area contributed by atoms with Gasteiger partial charge in [-0.25, -0.2) is 16.8 Å². The summed E-state index contributed by atoms with van der Waals surface area (Å²) in [5.41, 5.74) is 0.171. The first kappa shape index (κ1) is 26.8. The molecular formula is C23H23N3O8S2. The van der Waals surface area contributed by atoms with E-state index in [1.807, 2.05) is 0 Å². The number of sulfonamides is 2. The van der Waals surface area contributed by atoms with Crippen LogP contribution in [0.15, 0.2) is 88.7 Å². The van der Waals surface area contributed by atoms with Gasteiger partial charge in [-0.2, -0.15) is 4.72 Å². The molecule has 0 heterocycles. The molecule has 11 nitrogen and oxygen atoms in total. The molecule has 1 atom stereocenters. The first-order valence-electron chi connectivity index (χ1n) is 10.6. The maximum Gasteiger partial charge on any atom is 0.324 e. The van der Waals surface area contributed by atoms with Gasteiger partial charge in [-0.15, -0.1) is 0 Å². The summed E-state index contributed by atoms with van der Waals surface area (Å²) in [6, 6.07) is 16.8. The molecular weight excluding hydrogens is 510 g/mol. The topological polar surface area (TPSA) is 162 Å². The predicted octanol–water partition coefficient (Wildman–Crippen LogP) is 2.85. The number of ether oxygens (including phenoxy) is 1. The van der Waals surface area contributed by atoms with Gasteiger partial charge < -0.3 is 4.74 Å². The maximum absolute atomic E-state index is 12.8. The number of nitrogens with zero attached hydrogens (tertiary/aromatic N) is 1. The lowest BCUT2D eigenvalue weighted by molar-refractivity contribution is -0.385. The van der Waals surface area contributed by atoms with Crippen LogP contribution in [0.5, 0.6) is 0 Å². The number of nitrogens with one attached hydrogen (secondary N) is 2. The molecule has 0 saturated heterocycles. The van der Waals surface area contributed by atoms with Crippen molar-refractivity contribution < 1.29 is 31.3 Å². The fourth-order valence-electron chi connectivity index (χ4n) is 3.25. The number of benzene rings is 3. The van der Waals surface area contributed by atoms with Gasteiger partial charge in [0.05, 0.1) is 21.3 Å². The summed E-state index contributed by atoms with van der Waals surface area (Å²) in [5.74, 6) is -0.792. The van der Waals surface area contributed by atoms with Gasteiger partial charge in [-0.3, -0.25) is 19.6 Å². The number of hydrogen-bond donors (Lipinski definition) is 2. The van der Waals surface area contributed by atoms with E-state index in [1.54, 1.807) is 31.2 Å². The Labute approximate surface area is 208 Å². The van der Waals surface area contributed by atoms with Gasteiger partial charge in [-0.1, -0.05) is 36.4 Å². The molecule has 190 valence electrons. The zero-order valence-electron chi connectivity index (χ0n) is 19.0. The van der Waals surface area contributed by atoms with Gasteiger partial charge in [-0.05, 0) is 49.2 Å². The molecule has 0 aromatic heterocycles. The van der Waals surface area contributed by atoms with E-state index in [0.717, 1.165) is 6.07 Å². The molecule has 0 aliphatic heterocycles. The second-order valence-electron chi connectivity index (χ2n) is 7.50. The summed E-state index contributed by atoms with van der Waals surface area (Å²) in [5, 5.41) is 11.0. The highest BCUT2D eigenvalue weighted by Gasteiger charge is 2.27. The van der Waals surface area contributed by atoms with Gasteiger partial charge in [0, 0.05) is 17.8 Å². The van der Waals surface area contributed by atoms with Crippen LogP contribution in [0, 0.1) is 10.1 Å². The Kier molecular flexibility index (Phi) is 8.40. The molecule has 13 heteroatoms. The molecule has 0 aliphatic carbocycles. The van der Waals surface area contributed by atoms with Crippen molar-refractivity contribution in [3.63, 3.8) is 0 Å². The molecule has 3 aromatic carbocycles. The van der Waals surface area contributed by atoms with Crippen molar-refractivity contribution >= 4 is 37.4 Å². The summed E-state index contributed by atoms with van der Waals surface area (Å²) in [6.07, 6.45) is -0.128. The largest absolute Gasteiger partial charge is 0.465 e. The summed E-state index contributed by atoms with van der Waals surface area (Å²) < 4.78 is 60.7. The van der Waals surface area contributed by atoms with Crippen molar-refractivity contribution in [1.82, 2.24) is 4.72 Å². The van der Waals surface area contributed by atoms with E-state index in [4.69, 9.17) is 4.74 Å². The molecule has 36 heavy (non-hydrogen) atoms. The van der Waals surface area contributed by atoms with Crippen molar-refractivity contribution in [2.45, 2.75) is 29.2 Å². The minimum Gasteiger partial charge on any atom is -0.465 e. The van der Waals surface area contributed by atoms with Crippen molar-refractivity contribution in [3.8, 4) is 0 Å². The normalized spacial score (nSPS) is 12.5. The number of anilines is 1. The molecule has 0 fully saturated rings. The molecule has 0 saturated carbocycles. The Hall–Kier alpha value is -3.81. The highest BCUT2D eigenvalue weighted by molar-refractivity contribution is 7.92. The standard InChI is InChI=1S/C23H23N3O8S2/c1-2-34-23(27)22(25-35(30,31)20-11-4-3-5-12-20)15-17-8-6-9-18(14-17)24-36(32,33)21-13-7-10-19(16-21)26(28)29/h3-14,16,22,24-25H,2,15H2,1H3. The van der Waals surface area contributed by atoms with Crippen molar-refractivity contribution in [2.24, 2.45) is 0 Å². The van der Waals surface area contributed by atoms with E-state index < -0.39 is 37.0 Å². The highest BCUT2D eigenvalue weighted by Crippen LogP contribution is 2.22. The van der Waals surface area contributed by atoms with E-state index in [0.29, 0.717) is 5.56 Å². The third-order valence-corrected chi connectivity index (χ3v) is 7.75. The number of rotatable bonds is 11. The lowest BCUT2D eigenvalue weighted by Gasteiger charge is -2.18.